The fourth-order valence-corrected chi connectivity index (χ4v) is 2.45. The van der Waals surface area contributed by atoms with Crippen molar-refractivity contribution in [1.82, 2.24) is 9.80 Å². The van der Waals surface area contributed by atoms with Crippen molar-refractivity contribution in [3.05, 3.63) is 0 Å². The third kappa shape index (κ3) is 3.74. The quantitative estimate of drug-likeness (QED) is 0.677. The van der Waals surface area contributed by atoms with Crippen LogP contribution in [0.2, 0.25) is 0 Å². The lowest BCUT2D eigenvalue weighted by atomic mass is 10.1. The minimum Gasteiger partial charge on any atom is -0.340 e. The SMILES string of the molecule is C#CC1CC(=O)N(CCN(C(C)C)C(C)C)C1. The van der Waals surface area contributed by atoms with Crippen LogP contribution in [0.5, 0.6) is 0 Å². The zero-order valence-electron chi connectivity index (χ0n) is 11.4. The first kappa shape index (κ1) is 14.1. The first-order chi connectivity index (χ1) is 7.95. The van der Waals surface area contributed by atoms with Crippen LogP contribution in [-0.4, -0.2) is 47.4 Å². The van der Waals surface area contributed by atoms with E-state index in [-0.39, 0.29) is 11.8 Å². The van der Waals surface area contributed by atoms with Crippen molar-refractivity contribution in [3.63, 3.8) is 0 Å². The standard InChI is InChI=1S/C14H24N2O/c1-6-13-9-14(17)15(10-13)7-8-16(11(2)3)12(4)5/h1,11-13H,7-10H2,2-5H3. The van der Waals surface area contributed by atoms with Crippen LogP contribution in [0.1, 0.15) is 34.1 Å². The van der Waals surface area contributed by atoms with E-state index in [4.69, 9.17) is 6.42 Å². The van der Waals surface area contributed by atoms with E-state index in [0.717, 1.165) is 19.6 Å². The topological polar surface area (TPSA) is 23.6 Å². The Balaban J connectivity index is 2.45. The van der Waals surface area contributed by atoms with Crippen LogP contribution < -0.4 is 0 Å². The van der Waals surface area contributed by atoms with Crippen LogP contribution >= 0.6 is 0 Å². The summed E-state index contributed by atoms with van der Waals surface area (Å²) in [4.78, 5) is 16.0. The Kier molecular flexibility index (Phi) is 5.02. The largest absolute Gasteiger partial charge is 0.340 e. The van der Waals surface area contributed by atoms with E-state index < -0.39 is 0 Å². The summed E-state index contributed by atoms with van der Waals surface area (Å²) in [5.41, 5.74) is 0. The molecule has 17 heavy (non-hydrogen) atoms. The van der Waals surface area contributed by atoms with E-state index in [0.29, 0.717) is 18.5 Å². The maximum Gasteiger partial charge on any atom is 0.223 e. The first-order valence-corrected chi connectivity index (χ1v) is 6.45. The number of nitrogens with zero attached hydrogens (tertiary/aromatic N) is 2. The van der Waals surface area contributed by atoms with Crippen molar-refractivity contribution in [2.45, 2.75) is 46.2 Å². The minimum absolute atomic E-state index is 0.119. The highest BCUT2D eigenvalue weighted by Gasteiger charge is 2.28. The second-order valence-electron chi connectivity index (χ2n) is 5.33. The summed E-state index contributed by atoms with van der Waals surface area (Å²) in [5.74, 6) is 3.01. The molecule has 0 aromatic carbocycles. The average molecular weight is 236 g/mol. The lowest BCUT2D eigenvalue weighted by Gasteiger charge is -2.32. The van der Waals surface area contributed by atoms with Crippen molar-refractivity contribution in [2.24, 2.45) is 5.92 Å². The van der Waals surface area contributed by atoms with Gasteiger partial charge in [0, 0.05) is 44.1 Å². The summed E-state index contributed by atoms with van der Waals surface area (Å²) in [5, 5.41) is 0. The summed E-state index contributed by atoms with van der Waals surface area (Å²) in [7, 11) is 0. The third-order valence-electron chi connectivity index (χ3n) is 3.40. The van der Waals surface area contributed by atoms with Crippen LogP contribution in [0, 0.1) is 18.3 Å². The predicted octanol–water partition coefficient (Wildman–Crippen LogP) is 1.59. The van der Waals surface area contributed by atoms with Crippen molar-refractivity contribution in [3.8, 4) is 12.3 Å². The Hall–Kier alpha value is -1.01. The molecule has 1 amide bonds. The van der Waals surface area contributed by atoms with Gasteiger partial charge < -0.3 is 4.90 Å². The fourth-order valence-electron chi connectivity index (χ4n) is 2.45. The van der Waals surface area contributed by atoms with Crippen LogP contribution in [0.15, 0.2) is 0 Å². The number of rotatable bonds is 5. The number of likely N-dealkylation sites (tertiary alicyclic amines) is 1. The third-order valence-corrected chi connectivity index (χ3v) is 3.40. The smallest absolute Gasteiger partial charge is 0.223 e. The molecule has 1 aliphatic heterocycles. The molecule has 0 aromatic heterocycles. The van der Waals surface area contributed by atoms with Gasteiger partial charge >= 0.3 is 0 Å². The molecular formula is C14H24N2O. The Morgan fingerprint density at radius 2 is 2.00 bits per heavy atom. The zero-order chi connectivity index (χ0) is 13.0. The van der Waals surface area contributed by atoms with Crippen LogP contribution in [0.3, 0.4) is 0 Å². The molecule has 1 fully saturated rings. The van der Waals surface area contributed by atoms with Crippen LogP contribution in [0.25, 0.3) is 0 Å². The van der Waals surface area contributed by atoms with E-state index in [1.807, 2.05) is 4.90 Å². The number of hydrogen-bond acceptors (Lipinski definition) is 2. The number of carbonyl (C=O) groups excluding carboxylic acids is 1. The zero-order valence-corrected chi connectivity index (χ0v) is 11.4. The van der Waals surface area contributed by atoms with Crippen LogP contribution in [-0.2, 0) is 4.79 Å². The molecule has 96 valence electrons. The van der Waals surface area contributed by atoms with Gasteiger partial charge in [-0.25, -0.2) is 0 Å². The van der Waals surface area contributed by atoms with Gasteiger partial charge in [0.1, 0.15) is 0 Å². The molecule has 0 spiro atoms. The first-order valence-electron chi connectivity index (χ1n) is 6.45. The van der Waals surface area contributed by atoms with E-state index >= 15 is 0 Å². The molecule has 1 atom stereocenters. The molecule has 1 heterocycles. The van der Waals surface area contributed by atoms with Gasteiger partial charge in [-0.1, -0.05) is 0 Å². The Morgan fingerprint density at radius 1 is 1.41 bits per heavy atom. The van der Waals surface area contributed by atoms with Gasteiger partial charge in [0.05, 0.1) is 0 Å². The van der Waals surface area contributed by atoms with Gasteiger partial charge in [-0.3, -0.25) is 9.69 Å². The van der Waals surface area contributed by atoms with Gasteiger partial charge in [0.25, 0.3) is 0 Å². The maximum atomic E-state index is 11.7. The van der Waals surface area contributed by atoms with E-state index in [2.05, 4.69) is 38.5 Å². The molecule has 1 saturated heterocycles. The molecule has 0 saturated carbocycles. The van der Waals surface area contributed by atoms with Gasteiger partial charge in [0.2, 0.25) is 5.91 Å². The van der Waals surface area contributed by atoms with Crippen LogP contribution in [0.4, 0.5) is 0 Å². The Bertz CT molecular complexity index is 296. The lowest BCUT2D eigenvalue weighted by Crippen LogP contribution is -2.43. The molecule has 0 N–H and O–H groups in total. The summed E-state index contributed by atoms with van der Waals surface area (Å²) < 4.78 is 0. The number of carbonyl (C=O) groups is 1. The molecular weight excluding hydrogens is 212 g/mol. The van der Waals surface area contributed by atoms with E-state index in [1.54, 1.807) is 0 Å². The normalized spacial score (nSPS) is 20.7. The molecule has 3 heteroatoms. The van der Waals surface area contributed by atoms with Crippen molar-refractivity contribution >= 4 is 5.91 Å². The second-order valence-corrected chi connectivity index (χ2v) is 5.33. The maximum absolute atomic E-state index is 11.7. The van der Waals surface area contributed by atoms with Gasteiger partial charge in [-0.05, 0) is 27.7 Å². The second kappa shape index (κ2) is 6.07. The highest BCUT2D eigenvalue weighted by atomic mass is 16.2. The summed E-state index contributed by atoms with van der Waals surface area (Å²) in [6, 6.07) is 1.02. The molecule has 1 unspecified atom stereocenters. The molecule has 0 bridgehead atoms. The van der Waals surface area contributed by atoms with Crippen molar-refractivity contribution in [2.75, 3.05) is 19.6 Å². The highest BCUT2D eigenvalue weighted by molar-refractivity contribution is 5.79. The van der Waals surface area contributed by atoms with Gasteiger partial charge in [-0.2, -0.15) is 0 Å². The Labute approximate surface area is 105 Å². The molecule has 1 aliphatic rings. The molecule has 0 radical (unpaired) electrons. The molecule has 0 aromatic rings. The number of terminal acetylenes is 1. The summed E-state index contributed by atoms with van der Waals surface area (Å²) in [6.07, 6.45) is 5.90. The molecule has 0 aliphatic carbocycles. The van der Waals surface area contributed by atoms with E-state index in [1.165, 1.54) is 0 Å². The summed E-state index contributed by atoms with van der Waals surface area (Å²) in [6.45, 7) is 11.2. The minimum atomic E-state index is 0.119. The van der Waals surface area contributed by atoms with Gasteiger partial charge in [0.15, 0.2) is 0 Å². The Morgan fingerprint density at radius 3 is 2.41 bits per heavy atom. The summed E-state index contributed by atoms with van der Waals surface area (Å²) >= 11 is 0. The monoisotopic (exact) mass is 236 g/mol. The molecule has 3 nitrogen and oxygen atoms in total. The predicted molar refractivity (Wildman–Crippen MR) is 70.5 cm³/mol. The number of amides is 1. The average Bonchev–Trinajstić information content (AvgIpc) is 2.59. The highest BCUT2D eigenvalue weighted by Crippen LogP contribution is 2.16. The van der Waals surface area contributed by atoms with Crippen molar-refractivity contribution < 1.29 is 4.79 Å². The molecule has 1 rings (SSSR count). The fraction of sp³-hybridized carbons (Fsp3) is 0.786. The van der Waals surface area contributed by atoms with Crippen molar-refractivity contribution in [1.29, 1.82) is 0 Å². The number of hydrogen-bond donors (Lipinski definition) is 0. The van der Waals surface area contributed by atoms with Gasteiger partial charge in [-0.15, -0.1) is 12.3 Å². The lowest BCUT2D eigenvalue weighted by molar-refractivity contribution is -0.128. The van der Waals surface area contributed by atoms with E-state index in [9.17, 15) is 4.79 Å².